The topological polar surface area (TPSA) is 95.6 Å². The molecule has 27 heavy (non-hydrogen) atoms. The summed E-state index contributed by atoms with van der Waals surface area (Å²) in [6.45, 7) is 6.88. The Hall–Kier alpha value is -1.64. The third kappa shape index (κ3) is 5.67. The van der Waals surface area contributed by atoms with E-state index in [0.717, 1.165) is 6.42 Å². The lowest BCUT2D eigenvalue weighted by atomic mass is 9.94. The summed E-state index contributed by atoms with van der Waals surface area (Å²) < 4.78 is 27.5. The molecule has 2 rings (SSSR count). The monoisotopic (exact) mass is 415 g/mol. The lowest BCUT2D eigenvalue weighted by Crippen LogP contribution is -2.42. The molecule has 0 saturated carbocycles. The Morgan fingerprint density at radius 1 is 1.15 bits per heavy atom. The molecule has 1 saturated heterocycles. The van der Waals surface area contributed by atoms with Gasteiger partial charge in [0.05, 0.1) is 15.5 Å². The predicted molar refractivity (Wildman–Crippen MR) is 104 cm³/mol. The van der Waals surface area contributed by atoms with E-state index in [2.05, 4.69) is 10.6 Å². The van der Waals surface area contributed by atoms with Crippen LogP contribution in [-0.2, 0) is 14.8 Å². The second-order valence-electron chi connectivity index (χ2n) is 7.15. The van der Waals surface area contributed by atoms with Crippen LogP contribution in [0.1, 0.15) is 37.6 Å². The molecule has 0 bridgehead atoms. The lowest BCUT2D eigenvalue weighted by molar-refractivity contribution is -0.118. The van der Waals surface area contributed by atoms with Crippen molar-refractivity contribution in [1.29, 1.82) is 0 Å². The number of nitrogens with one attached hydrogen (secondary N) is 2. The largest absolute Gasteiger partial charge is 0.355 e. The highest BCUT2D eigenvalue weighted by Crippen LogP contribution is 2.28. The summed E-state index contributed by atoms with van der Waals surface area (Å²) in [6, 6.07) is 4.17. The van der Waals surface area contributed by atoms with E-state index < -0.39 is 15.9 Å². The number of nitrogens with zero attached hydrogens (tertiary/aromatic N) is 1. The molecule has 1 fully saturated rings. The molecule has 0 spiro atoms. The van der Waals surface area contributed by atoms with Crippen molar-refractivity contribution in [2.24, 2.45) is 11.8 Å². The first-order valence-electron chi connectivity index (χ1n) is 8.93. The van der Waals surface area contributed by atoms with Crippen molar-refractivity contribution in [3.05, 3.63) is 28.8 Å². The van der Waals surface area contributed by atoms with Gasteiger partial charge < -0.3 is 10.6 Å². The van der Waals surface area contributed by atoms with Crippen molar-refractivity contribution < 1.29 is 18.0 Å². The van der Waals surface area contributed by atoms with Gasteiger partial charge in [-0.3, -0.25) is 9.59 Å². The van der Waals surface area contributed by atoms with Crippen LogP contribution in [0, 0.1) is 11.8 Å². The summed E-state index contributed by atoms with van der Waals surface area (Å²) in [5.41, 5.74) is 0.0960. The number of benzene rings is 1. The van der Waals surface area contributed by atoms with Gasteiger partial charge in [-0.25, -0.2) is 8.42 Å². The van der Waals surface area contributed by atoms with Crippen LogP contribution in [0.5, 0.6) is 0 Å². The van der Waals surface area contributed by atoms with Crippen molar-refractivity contribution in [2.75, 3.05) is 26.2 Å². The Morgan fingerprint density at radius 2 is 1.74 bits per heavy atom. The van der Waals surface area contributed by atoms with Gasteiger partial charge in [-0.15, -0.1) is 0 Å². The summed E-state index contributed by atoms with van der Waals surface area (Å²) in [7, 11) is -3.70. The van der Waals surface area contributed by atoms with E-state index in [1.807, 2.05) is 13.8 Å². The number of sulfonamides is 1. The van der Waals surface area contributed by atoms with Crippen LogP contribution in [0.2, 0.25) is 5.02 Å². The molecule has 2 atom stereocenters. The molecule has 2 N–H and O–H groups in total. The molecule has 1 heterocycles. The number of carbonyl (C=O) groups excluding carboxylic acids is 2. The van der Waals surface area contributed by atoms with Crippen LogP contribution in [0.3, 0.4) is 0 Å². The maximum absolute atomic E-state index is 13.0. The fourth-order valence-electron chi connectivity index (χ4n) is 3.30. The summed E-state index contributed by atoms with van der Waals surface area (Å²) in [5, 5.41) is 5.36. The van der Waals surface area contributed by atoms with Crippen LogP contribution in [0.4, 0.5) is 0 Å². The third-order valence-electron chi connectivity index (χ3n) is 4.44. The summed E-state index contributed by atoms with van der Waals surface area (Å²) in [6.07, 6.45) is 0.995. The van der Waals surface area contributed by atoms with Crippen molar-refractivity contribution in [3.8, 4) is 0 Å². The Kier molecular flexibility index (Phi) is 7.25. The quantitative estimate of drug-likeness (QED) is 0.693. The number of hydrogen-bond acceptors (Lipinski definition) is 4. The van der Waals surface area contributed by atoms with Gasteiger partial charge in [0, 0.05) is 33.1 Å². The zero-order chi connectivity index (χ0) is 20.2. The van der Waals surface area contributed by atoms with Crippen LogP contribution >= 0.6 is 11.6 Å². The van der Waals surface area contributed by atoms with Crippen LogP contribution in [-0.4, -0.2) is 50.7 Å². The van der Waals surface area contributed by atoms with Gasteiger partial charge in [0.2, 0.25) is 15.9 Å². The van der Waals surface area contributed by atoms with Crippen molar-refractivity contribution >= 4 is 33.4 Å². The Labute approximate surface area is 165 Å². The van der Waals surface area contributed by atoms with Crippen LogP contribution < -0.4 is 10.6 Å². The Bertz CT molecular complexity index is 803. The number of amides is 2. The average molecular weight is 416 g/mol. The highest BCUT2D eigenvalue weighted by molar-refractivity contribution is 7.89. The molecule has 7 nitrogen and oxygen atoms in total. The molecule has 1 aliphatic heterocycles. The second-order valence-corrected chi connectivity index (χ2v) is 9.49. The van der Waals surface area contributed by atoms with Gasteiger partial charge in [-0.2, -0.15) is 4.31 Å². The van der Waals surface area contributed by atoms with Gasteiger partial charge in [0.25, 0.3) is 5.91 Å². The summed E-state index contributed by atoms with van der Waals surface area (Å²) in [4.78, 5) is 23.3. The number of rotatable bonds is 6. The number of piperidine rings is 1. The minimum absolute atomic E-state index is 0.0558. The SMILES string of the molecule is CC(=O)NCCNC(=O)c1cc(S(=O)(=O)N2CC(C)CC(C)C2)ccc1Cl. The zero-order valence-corrected chi connectivity index (χ0v) is 17.4. The standard InChI is InChI=1S/C18H26ClN3O4S/c1-12-8-13(2)11-22(10-12)27(25,26)15-4-5-17(19)16(9-15)18(24)21-7-6-20-14(3)23/h4-5,9,12-13H,6-8,10-11H2,1-3H3,(H,20,23)(H,21,24). The number of carbonyl (C=O) groups is 2. The van der Waals surface area contributed by atoms with Crippen LogP contribution in [0.15, 0.2) is 23.1 Å². The minimum atomic E-state index is -3.70. The van der Waals surface area contributed by atoms with E-state index in [1.54, 1.807) is 0 Å². The van der Waals surface area contributed by atoms with Crippen molar-refractivity contribution in [1.82, 2.24) is 14.9 Å². The molecule has 1 aromatic carbocycles. The molecule has 0 aliphatic carbocycles. The summed E-state index contributed by atoms with van der Waals surface area (Å²) in [5.74, 6) is -0.108. The van der Waals surface area contributed by atoms with E-state index in [0.29, 0.717) is 13.1 Å². The zero-order valence-electron chi connectivity index (χ0n) is 15.8. The Morgan fingerprint density at radius 3 is 2.33 bits per heavy atom. The normalized spacial score (nSPS) is 20.9. The van der Waals surface area contributed by atoms with E-state index in [1.165, 1.54) is 29.4 Å². The van der Waals surface area contributed by atoms with E-state index in [-0.39, 0.29) is 46.3 Å². The van der Waals surface area contributed by atoms with Gasteiger partial charge in [0.1, 0.15) is 0 Å². The van der Waals surface area contributed by atoms with E-state index >= 15 is 0 Å². The first kappa shape index (κ1) is 21.7. The lowest BCUT2D eigenvalue weighted by Gasteiger charge is -2.34. The second kappa shape index (κ2) is 9.03. The van der Waals surface area contributed by atoms with Crippen molar-refractivity contribution in [3.63, 3.8) is 0 Å². The molecule has 2 unspecified atom stereocenters. The first-order chi connectivity index (χ1) is 12.6. The maximum Gasteiger partial charge on any atom is 0.252 e. The molecule has 1 aromatic rings. The fraction of sp³-hybridized carbons (Fsp3) is 0.556. The molecular formula is C18H26ClN3O4S. The summed E-state index contributed by atoms with van der Waals surface area (Å²) >= 11 is 6.10. The van der Waals surface area contributed by atoms with E-state index in [9.17, 15) is 18.0 Å². The maximum atomic E-state index is 13.0. The third-order valence-corrected chi connectivity index (χ3v) is 6.60. The minimum Gasteiger partial charge on any atom is -0.355 e. The number of halogens is 1. The van der Waals surface area contributed by atoms with E-state index in [4.69, 9.17) is 11.6 Å². The first-order valence-corrected chi connectivity index (χ1v) is 10.8. The van der Waals surface area contributed by atoms with Crippen LogP contribution in [0.25, 0.3) is 0 Å². The Balaban J connectivity index is 2.18. The molecular weight excluding hydrogens is 390 g/mol. The average Bonchev–Trinajstić information content (AvgIpc) is 2.57. The fourth-order valence-corrected chi connectivity index (χ4v) is 5.21. The van der Waals surface area contributed by atoms with Gasteiger partial charge in [-0.05, 0) is 36.5 Å². The van der Waals surface area contributed by atoms with Gasteiger partial charge in [-0.1, -0.05) is 25.4 Å². The molecule has 1 aliphatic rings. The molecule has 0 aromatic heterocycles. The highest BCUT2D eigenvalue weighted by atomic mass is 35.5. The predicted octanol–water partition coefficient (Wildman–Crippen LogP) is 1.87. The molecule has 2 amide bonds. The highest BCUT2D eigenvalue weighted by Gasteiger charge is 2.32. The van der Waals surface area contributed by atoms with Gasteiger partial charge in [0.15, 0.2) is 0 Å². The molecule has 0 radical (unpaired) electrons. The smallest absolute Gasteiger partial charge is 0.252 e. The number of hydrogen-bond donors (Lipinski definition) is 2. The van der Waals surface area contributed by atoms with Gasteiger partial charge >= 0.3 is 0 Å². The van der Waals surface area contributed by atoms with Crippen molar-refractivity contribution in [2.45, 2.75) is 32.1 Å². The molecule has 150 valence electrons. The molecule has 9 heteroatoms.